The first-order valence-electron chi connectivity index (χ1n) is 8.34. The summed E-state index contributed by atoms with van der Waals surface area (Å²) in [7, 11) is 0. The molecule has 4 rings (SSSR count). The molecule has 0 aliphatic carbocycles. The zero-order chi connectivity index (χ0) is 19.1. The predicted molar refractivity (Wildman–Crippen MR) is 102 cm³/mol. The fourth-order valence-corrected chi connectivity index (χ4v) is 3.33. The first-order chi connectivity index (χ1) is 13.0. The number of nitro groups is 1. The molecule has 27 heavy (non-hydrogen) atoms. The second kappa shape index (κ2) is 6.21. The number of carbonyl (C=O) groups is 2. The first kappa shape index (κ1) is 16.7. The summed E-state index contributed by atoms with van der Waals surface area (Å²) in [5, 5.41) is 15.4. The van der Waals surface area contributed by atoms with Gasteiger partial charge in [0.05, 0.1) is 16.3 Å². The van der Waals surface area contributed by atoms with Gasteiger partial charge in [-0.25, -0.2) is 0 Å². The van der Waals surface area contributed by atoms with Gasteiger partial charge >= 0.3 is 0 Å². The molecule has 1 aliphatic heterocycles. The number of non-ortho nitro benzene ring substituents is 1. The monoisotopic (exact) mass is 361 g/mol. The Morgan fingerprint density at radius 1 is 1.15 bits per heavy atom. The number of nitrogens with zero attached hydrogens (tertiary/aromatic N) is 2. The van der Waals surface area contributed by atoms with Crippen LogP contribution in [0.2, 0.25) is 0 Å². The van der Waals surface area contributed by atoms with Crippen LogP contribution in [0.15, 0.2) is 54.6 Å². The number of anilines is 2. The summed E-state index contributed by atoms with van der Waals surface area (Å²) in [6.45, 7) is 1.58. The van der Waals surface area contributed by atoms with Gasteiger partial charge < -0.3 is 5.32 Å². The van der Waals surface area contributed by atoms with Gasteiger partial charge in [-0.2, -0.15) is 0 Å². The largest absolute Gasteiger partial charge is 0.324 e. The van der Waals surface area contributed by atoms with Gasteiger partial charge in [0.2, 0.25) is 5.91 Å². The Hall–Kier alpha value is -3.74. The maximum absolute atomic E-state index is 12.7. The summed E-state index contributed by atoms with van der Waals surface area (Å²) in [5.74, 6) is -0.649. The molecule has 3 aromatic carbocycles. The van der Waals surface area contributed by atoms with Crippen molar-refractivity contribution in [2.24, 2.45) is 0 Å². The highest BCUT2D eigenvalue weighted by Crippen LogP contribution is 2.37. The van der Waals surface area contributed by atoms with Crippen molar-refractivity contribution >= 4 is 39.6 Å². The molecular weight excluding hydrogens is 346 g/mol. The number of carbonyl (C=O) groups excluding carboxylic acids is 2. The fourth-order valence-electron chi connectivity index (χ4n) is 3.33. The van der Waals surface area contributed by atoms with Crippen molar-refractivity contribution < 1.29 is 14.5 Å². The molecule has 0 atom stereocenters. The normalized spacial score (nSPS) is 12.5. The van der Waals surface area contributed by atoms with Crippen LogP contribution in [0.1, 0.15) is 15.9 Å². The lowest BCUT2D eigenvalue weighted by atomic mass is 10.1. The zero-order valence-corrected chi connectivity index (χ0v) is 14.4. The average Bonchev–Trinajstić information content (AvgIpc) is 2.91. The number of nitro benzene ring substituents is 1. The standard InChI is InChI=1S/C20H15N3O4/c1-12-8-9-14(23(26)27)10-16(12)21-18(24)11-22-17-7-3-5-13-4-2-6-15(19(13)17)20(22)25/h2-10H,11H2,1H3,(H,21,24). The second-order valence-corrected chi connectivity index (χ2v) is 6.38. The fraction of sp³-hybridized carbons (Fsp3) is 0.100. The van der Waals surface area contributed by atoms with Crippen LogP contribution in [0.3, 0.4) is 0 Å². The van der Waals surface area contributed by atoms with Crippen LogP contribution in [-0.2, 0) is 4.79 Å². The van der Waals surface area contributed by atoms with Gasteiger partial charge in [0.1, 0.15) is 6.54 Å². The molecule has 1 heterocycles. The molecule has 2 amide bonds. The molecule has 0 saturated carbocycles. The van der Waals surface area contributed by atoms with E-state index in [0.29, 0.717) is 22.5 Å². The summed E-state index contributed by atoms with van der Waals surface area (Å²) in [4.78, 5) is 37.1. The Labute approximate surface area is 154 Å². The number of hydrogen-bond donors (Lipinski definition) is 1. The Morgan fingerprint density at radius 2 is 1.89 bits per heavy atom. The van der Waals surface area contributed by atoms with E-state index in [2.05, 4.69) is 5.32 Å². The maximum atomic E-state index is 12.7. The van der Waals surface area contributed by atoms with E-state index >= 15 is 0 Å². The number of amides is 2. The van der Waals surface area contributed by atoms with Crippen molar-refractivity contribution in [3.63, 3.8) is 0 Å². The highest BCUT2D eigenvalue weighted by atomic mass is 16.6. The number of nitrogens with one attached hydrogen (secondary N) is 1. The molecule has 0 bridgehead atoms. The first-order valence-corrected chi connectivity index (χ1v) is 8.34. The Balaban J connectivity index is 1.60. The smallest absolute Gasteiger partial charge is 0.271 e. The summed E-state index contributed by atoms with van der Waals surface area (Å²) in [6, 6.07) is 15.3. The lowest BCUT2D eigenvalue weighted by molar-refractivity contribution is -0.384. The van der Waals surface area contributed by atoms with Gasteiger partial charge in [0.15, 0.2) is 0 Å². The van der Waals surface area contributed by atoms with Crippen molar-refractivity contribution in [1.29, 1.82) is 0 Å². The number of benzene rings is 3. The molecule has 7 heteroatoms. The van der Waals surface area contributed by atoms with Crippen molar-refractivity contribution in [3.05, 3.63) is 75.8 Å². The number of rotatable bonds is 4. The zero-order valence-electron chi connectivity index (χ0n) is 14.4. The van der Waals surface area contributed by atoms with Crippen LogP contribution >= 0.6 is 0 Å². The van der Waals surface area contributed by atoms with E-state index in [0.717, 1.165) is 10.8 Å². The maximum Gasteiger partial charge on any atom is 0.271 e. The molecule has 1 N–H and O–H groups in total. The molecule has 0 fully saturated rings. The van der Waals surface area contributed by atoms with Gasteiger partial charge in [0, 0.05) is 23.1 Å². The van der Waals surface area contributed by atoms with Crippen LogP contribution in [0.25, 0.3) is 10.8 Å². The van der Waals surface area contributed by atoms with Gasteiger partial charge in [-0.1, -0.05) is 30.3 Å². The number of hydrogen-bond acceptors (Lipinski definition) is 4. The van der Waals surface area contributed by atoms with E-state index in [9.17, 15) is 19.7 Å². The van der Waals surface area contributed by atoms with E-state index in [4.69, 9.17) is 0 Å². The third-order valence-electron chi connectivity index (χ3n) is 4.66. The van der Waals surface area contributed by atoms with Crippen LogP contribution in [0, 0.1) is 17.0 Å². The SMILES string of the molecule is Cc1ccc([N+](=O)[O-])cc1NC(=O)CN1C(=O)c2cccc3cccc1c23. The molecule has 7 nitrogen and oxygen atoms in total. The van der Waals surface area contributed by atoms with Gasteiger partial charge in [-0.05, 0) is 30.0 Å². The van der Waals surface area contributed by atoms with E-state index < -0.39 is 10.8 Å². The summed E-state index contributed by atoms with van der Waals surface area (Å²) in [6.07, 6.45) is 0. The Morgan fingerprint density at radius 3 is 2.63 bits per heavy atom. The number of aryl methyl sites for hydroxylation is 1. The second-order valence-electron chi connectivity index (χ2n) is 6.38. The molecule has 0 spiro atoms. The van der Waals surface area contributed by atoms with Gasteiger partial charge in [-0.3, -0.25) is 24.6 Å². The highest BCUT2D eigenvalue weighted by molar-refractivity contribution is 6.26. The van der Waals surface area contributed by atoms with Crippen LogP contribution < -0.4 is 10.2 Å². The molecule has 0 saturated heterocycles. The van der Waals surface area contributed by atoms with Gasteiger partial charge in [-0.15, -0.1) is 0 Å². The van der Waals surface area contributed by atoms with Crippen molar-refractivity contribution in [3.8, 4) is 0 Å². The summed E-state index contributed by atoms with van der Waals surface area (Å²) in [5.41, 5.74) is 2.22. The van der Waals surface area contributed by atoms with Crippen LogP contribution in [0.4, 0.5) is 17.1 Å². The molecule has 3 aromatic rings. The van der Waals surface area contributed by atoms with Crippen LogP contribution in [0.5, 0.6) is 0 Å². The Bertz CT molecular complexity index is 1120. The third kappa shape index (κ3) is 2.79. The lowest BCUT2D eigenvalue weighted by Gasteiger charge is -2.17. The summed E-state index contributed by atoms with van der Waals surface area (Å²) < 4.78 is 0. The predicted octanol–water partition coefficient (Wildman–Crippen LogP) is 3.66. The highest BCUT2D eigenvalue weighted by Gasteiger charge is 2.30. The van der Waals surface area contributed by atoms with E-state index in [1.807, 2.05) is 30.3 Å². The minimum Gasteiger partial charge on any atom is -0.324 e. The molecule has 134 valence electrons. The lowest BCUT2D eigenvalue weighted by Crippen LogP contribution is -2.35. The van der Waals surface area contributed by atoms with E-state index in [1.54, 1.807) is 19.1 Å². The quantitative estimate of drug-likeness (QED) is 0.567. The summed E-state index contributed by atoms with van der Waals surface area (Å²) >= 11 is 0. The molecule has 0 unspecified atom stereocenters. The molecular formula is C20H15N3O4. The van der Waals surface area contributed by atoms with Crippen LogP contribution in [-0.4, -0.2) is 23.3 Å². The average molecular weight is 361 g/mol. The topological polar surface area (TPSA) is 92.6 Å². The minimum atomic E-state index is -0.517. The van der Waals surface area contributed by atoms with Crippen molar-refractivity contribution in [2.75, 3.05) is 16.8 Å². The minimum absolute atomic E-state index is 0.106. The van der Waals surface area contributed by atoms with Crippen molar-refractivity contribution in [2.45, 2.75) is 6.92 Å². The Kier molecular flexibility index (Phi) is 3.84. The molecule has 0 radical (unpaired) electrons. The van der Waals surface area contributed by atoms with E-state index in [-0.39, 0.29) is 18.1 Å². The molecule has 1 aliphatic rings. The van der Waals surface area contributed by atoms with Gasteiger partial charge in [0.25, 0.3) is 11.6 Å². The van der Waals surface area contributed by atoms with E-state index in [1.165, 1.54) is 17.0 Å². The molecule has 0 aromatic heterocycles. The third-order valence-corrected chi connectivity index (χ3v) is 4.66. The van der Waals surface area contributed by atoms with Crippen molar-refractivity contribution in [1.82, 2.24) is 0 Å².